The summed E-state index contributed by atoms with van der Waals surface area (Å²) < 4.78 is 1.18. The number of halogens is 1. The predicted octanol–water partition coefficient (Wildman–Crippen LogP) is 4.93. The summed E-state index contributed by atoms with van der Waals surface area (Å²) in [4.78, 5) is 0. The molecular formula is C16H24BrN. The van der Waals surface area contributed by atoms with Gasteiger partial charge in [-0.05, 0) is 48.9 Å². The van der Waals surface area contributed by atoms with Crippen molar-refractivity contribution in [2.75, 3.05) is 6.54 Å². The van der Waals surface area contributed by atoms with Gasteiger partial charge >= 0.3 is 0 Å². The lowest BCUT2D eigenvalue weighted by Crippen LogP contribution is -2.28. The van der Waals surface area contributed by atoms with E-state index in [0.717, 1.165) is 18.3 Å². The van der Waals surface area contributed by atoms with Crippen molar-refractivity contribution >= 4 is 15.9 Å². The minimum atomic E-state index is 0.496. The van der Waals surface area contributed by atoms with Crippen LogP contribution in [0.3, 0.4) is 0 Å². The quantitative estimate of drug-likeness (QED) is 0.813. The van der Waals surface area contributed by atoms with Gasteiger partial charge in [0.05, 0.1) is 0 Å². The van der Waals surface area contributed by atoms with Crippen LogP contribution in [0.15, 0.2) is 28.7 Å². The molecule has 0 spiro atoms. The molecule has 0 radical (unpaired) electrons. The number of hydrogen-bond acceptors (Lipinski definition) is 1. The van der Waals surface area contributed by atoms with Crippen molar-refractivity contribution in [3.63, 3.8) is 0 Å². The van der Waals surface area contributed by atoms with E-state index in [2.05, 4.69) is 59.4 Å². The van der Waals surface area contributed by atoms with Gasteiger partial charge in [0.25, 0.3) is 0 Å². The van der Waals surface area contributed by atoms with Gasteiger partial charge in [0, 0.05) is 10.5 Å². The predicted molar refractivity (Wildman–Crippen MR) is 81.7 cm³/mol. The fourth-order valence-electron chi connectivity index (χ4n) is 3.04. The molecule has 2 rings (SSSR count). The molecule has 1 fully saturated rings. The van der Waals surface area contributed by atoms with Gasteiger partial charge in [-0.25, -0.2) is 0 Å². The van der Waals surface area contributed by atoms with Crippen LogP contribution < -0.4 is 5.32 Å². The summed E-state index contributed by atoms with van der Waals surface area (Å²) in [6, 6.07) is 9.18. The lowest BCUT2D eigenvalue weighted by molar-refractivity contribution is 0.365. The summed E-state index contributed by atoms with van der Waals surface area (Å²) in [5.74, 6) is 1.78. The summed E-state index contributed by atoms with van der Waals surface area (Å²) in [5, 5.41) is 3.76. The van der Waals surface area contributed by atoms with Gasteiger partial charge in [-0.1, -0.05) is 54.8 Å². The molecule has 0 heterocycles. The van der Waals surface area contributed by atoms with Crippen LogP contribution in [0.25, 0.3) is 0 Å². The zero-order chi connectivity index (χ0) is 13.0. The number of hydrogen-bond donors (Lipinski definition) is 1. The van der Waals surface area contributed by atoms with Crippen LogP contribution in [0.5, 0.6) is 0 Å². The first-order valence-electron chi connectivity index (χ1n) is 7.19. The smallest absolute Gasteiger partial charge is 0.0318 e. The highest BCUT2D eigenvalue weighted by molar-refractivity contribution is 9.10. The maximum Gasteiger partial charge on any atom is 0.0318 e. The van der Waals surface area contributed by atoms with Crippen molar-refractivity contribution in [3.05, 3.63) is 34.3 Å². The Morgan fingerprint density at radius 1 is 1.39 bits per heavy atom. The first-order valence-corrected chi connectivity index (χ1v) is 7.99. The maximum absolute atomic E-state index is 3.76. The lowest BCUT2D eigenvalue weighted by Gasteiger charge is -2.22. The Kier molecular flexibility index (Phi) is 5.25. The van der Waals surface area contributed by atoms with E-state index in [0.29, 0.717) is 6.04 Å². The van der Waals surface area contributed by atoms with Gasteiger partial charge in [-0.15, -0.1) is 0 Å². The van der Waals surface area contributed by atoms with Crippen molar-refractivity contribution < 1.29 is 0 Å². The van der Waals surface area contributed by atoms with Gasteiger partial charge < -0.3 is 5.32 Å². The SMILES string of the molecule is CCC(NCC1CCCC1C)c1cccc(Br)c1. The van der Waals surface area contributed by atoms with Crippen LogP contribution in [0, 0.1) is 11.8 Å². The van der Waals surface area contributed by atoms with Crippen molar-refractivity contribution in [3.8, 4) is 0 Å². The number of benzene rings is 1. The molecule has 100 valence electrons. The van der Waals surface area contributed by atoms with Crippen LogP contribution >= 0.6 is 15.9 Å². The highest BCUT2D eigenvalue weighted by atomic mass is 79.9. The van der Waals surface area contributed by atoms with E-state index >= 15 is 0 Å². The minimum Gasteiger partial charge on any atom is -0.310 e. The van der Waals surface area contributed by atoms with Crippen LogP contribution in [0.1, 0.15) is 51.1 Å². The van der Waals surface area contributed by atoms with E-state index in [9.17, 15) is 0 Å². The monoisotopic (exact) mass is 309 g/mol. The topological polar surface area (TPSA) is 12.0 Å². The van der Waals surface area contributed by atoms with Crippen molar-refractivity contribution in [2.45, 2.75) is 45.6 Å². The third-order valence-corrected chi connectivity index (χ3v) is 4.82. The van der Waals surface area contributed by atoms with E-state index in [1.807, 2.05) is 0 Å². The molecule has 1 aromatic carbocycles. The summed E-state index contributed by atoms with van der Waals surface area (Å²) in [6.45, 7) is 5.84. The minimum absolute atomic E-state index is 0.496. The van der Waals surface area contributed by atoms with E-state index in [1.165, 1.54) is 35.8 Å². The third-order valence-electron chi connectivity index (χ3n) is 4.32. The van der Waals surface area contributed by atoms with Gasteiger partial charge in [0.15, 0.2) is 0 Å². The van der Waals surface area contributed by atoms with E-state index in [1.54, 1.807) is 0 Å². The summed E-state index contributed by atoms with van der Waals surface area (Å²) in [7, 11) is 0. The van der Waals surface area contributed by atoms with Crippen molar-refractivity contribution in [1.29, 1.82) is 0 Å². The molecule has 0 amide bonds. The average Bonchev–Trinajstić information content (AvgIpc) is 2.76. The Morgan fingerprint density at radius 3 is 2.83 bits per heavy atom. The van der Waals surface area contributed by atoms with Gasteiger partial charge in [0.1, 0.15) is 0 Å². The van der Waals surface area contributed by atoms with Crippen molar-refractivity contribution in [2.24, 2.45) is 11.8 Å². The summed E-state index contributed by atoms with van der Waals surface area (Å²) in [5.41, 5.74) is 1.40. The molecule has 0 aromatic heterocycles. The number of nitrogens with one attached hydrogen (secondary N) is 1. The second-order valence-corrected chi connectivity index (χ2v) is 6.51. The fraction of sp³-hybridized carbons (Fsp3) is 0.625. The van der Waals surface area contributed by atoms with Crippen LogP contribution in [0.2, 0.25) is 0 Å². The molecule has 1 aliphatic rings. The Labute approximate surface area is 119 Å². The molecule has 18 heavy (non-hydrogen) atoms. The molecule has 3 atom stereocenters. The largest absolute Gasteiger partial charge is 0.310 e. The Bertz CT molecular complexity index is 377. The zero-order valence-corrected chi connectivity index (χ0v) is 13.0. The lowest BCUT2D eigenvalue weighted by atomic mass is 9.97. The Hall–Kier alpha value is -0.340. The summed E-state index contributed by atoms with van der Waals surface area (Å²) in [6.07, 6.45) is 5.39. The Morgan fingerprint density at radius 2 is 2.22 bits per heavy atom. The molecule has 1 saturated carbocycles. The average molecular weight is 310 g/mol. The van der Waals surface area contributed by atoms with Crippen molar-refractivity contribution in [1.82, 2.24) is 5.32 Å². The molecular weight excluding hydrogens is 286 g/mol. The molecule has 3 unspecified atom stereocenters. The van der Waals surface area contributed by atoms with Crippen LogP contribution in [-0.2, 0) is 0 Å². The molecule has 0 saturated heterocycles. The highest BCUT2D eigenvalue weighted by Crippen LogP contribution is 2.31. The molecule has 0 bridgehead atoms. The van der Waals surface area contributed by atoms with E-state index in [-0.39, 0.29) is 0 Å². The molecule has 2 heteroatoms. The maximum atomic E-state index is 3.76. The second-order valence-electron chi connectivity index (χ2n) is 5.59. The van der Waals surface area contributed by atoms with E-state index < -0.39 is 0 Å². The van der Waals surface area contributed by atoms with E-state index in [4.69, 9.17) is 0 Å². The van der Waals surface area contributed by atoms with Gasteiger partial charge in [-0.3, -0.25) is 0 Å². The molecule has 1 aliphatic carbocycles. The molecule has 1 N–H and O–H groups in total. The Balaban J connectivity index is 1.93. The van der Waals surface area contributed by atoms with Gasteiger partial charge in [0.2, 0.25) is 0 Å². The summed E-state index contributed by atoms with van der Waals surface area (Å²) >= 11 is 3.56. The molecule has 1 aromatic rings. The fourth-order valence-corrected chi connectivity index (χ4v) is 3.46. The van der Waals surface area contributed by atoms with Crippen LogP contribution in [-0.4, -0.2) is 6.54 Å². The normalized spacial score (nSPS) is 25.3. The van der Waals surface area contributed by atoms with Crippen LogP contribution in [0.4, 0.5) is 0 Å². The first-order chi connectivity index (χ1) is 8.70. The third kappa shape index (κ3) is 3.58. The first kappa shape index (κ1) is 14.1. The number of rotatable bonds is 5. The second kappa shape index (κ2) is 6.72. The molecule has 0 aliphatic heterocycles. The molecule has 1 nitrogen and oxygen atoms in total. The highest BCUT2D eigenvalue weighted by Gasteiger charge is 2.23. The zero-order valence-electron chi connectivity index (χ0n) is 11.5. The van der Waals surface area contributed by atoms with Gasteiger partial charge in [-0.2, -0.15) is 0 Å². The standard InChI is InChI=1S/C16H24BrN/c1-3-16(13-7-5-9-15(17)10-13)18-11-14-8-4-6-12(14)2/h5,7,9-10,12,14,16,18H,3-4,6,8,11H2,1-2H3.